The molecular formula is C18H20O3. The zero-order chi connectivity index (χ0) is 15.4. The van der Waals surface area contributed by atoms with Crippen molar-refractivity contribution in [2.24, 2.45) is 0 Å². The van der Waals surface area contributed by atoms with E-state index in [2.05, 4.69) is 0 Å². The van der Waals surface area contributed by atoms with E-state index in [4.69, 9.17) is 4.74 Å². The van der Waals surface area contributed by atoms with Gasteiger partial charge in [-0.15, -0.1) is 0 Å². The summed E-state index contributed by atoms with van der Waals surface area (Å²) in [5, 5.41) is 9.39. The summed E-state index contributed by atoms with van der Waals surface area (Å²) < 4.78 is 5.63. The monoisotopic (exact) mass is 284 g/mol. The quantitative estimate of drug-likeness (QED) is 0.911. The molecule has 2 aromatic carbocycles. The summed E-state index contributed by atoms with van der Waals surface area (Å²) in [6.45, 7) is 6.01. The average Bonchev–Trinajstić information content (AvgIpc) is 2.45. The Morgan fingerprint density at radius 2 is 1.76 bits per heavy atom. The van der Waals surface area contributed by atoms with Gasteiger partial charge in [0.15, 0.2) is 6.10 Å². The molecule has 0 spiro atoms. The van der Waals surface area contributed by atoms with Gasteiger partial charge in [0, 0.05) is 6.42 Å². The van der Waals surface area contributed by atoms with Gasteiger partial charge in [0.25, 0.3) is 0 Å². The van der Waals surface area contributed by atoms with Crippen molar-refractivity contribution in [3.8, 4) is 5.75 Å². The van der Waals surface area contributed by atoms with E-state index in [0.29, 0.717) is 12.2 Å². The maximum atomic E-state index is 11.4. The molecule has 0 amide bonds. The molecule has 1 N–H and O–H groups in total. The first-order chi connectivity index (χ1) is 9.97. The third-order valence-corrected chi connectivity index (χ3v) is 3.70. The van der Waals surface area contributed by atoms with Gasteiger partial charge in [0.2, 0.25) is 0 Å². The van der Waals surface area contributed by atoms with Crippen molar-refractivity contribution in [2.45, 2.75) is 33.3 Å². The van der Waals surface area contributed by atoms with Gasteiger partial charge in [0.1, 0.15) is 5.75 Å². The maximum Gasteiger partial charge on any atom is 0.345 e. The Balaban J connectivity index is 2.18. The molecule has 1 atom stereocenters. The van der Waals surface area contributed by atoms with Gasteiger partial charge in [0.05, 0.1) is 0 Å². The Morgan fingerprint density at radius 3 is 2.38 bits per heavy atom. The lowest BCUT2D eigenvalue weighted by Crippen LogP contribution is -2.29. The summed E-state index contributed by atoms with van der Waals surface area (Å²) in [7, 11) is 0. The van der Waals surface area contributed by atoms with Gasteiger partial charge in [-0.2, -0.15) is 0 Å². The van der Waals surface area contributed by atoms with E-state index in [-0.39, 0.29) is 0 Å². The van der Waals surface area contributed by atoms with Crippen molar-refractivity contribution in [1.29, 1.82) is 0 Å². The highest BCUT2D eigenvalue weighted by Gasteiger charge is 2.21. The lowest BCUT2D eigenvalue weighted by molar-refractivity contribution is -0.145. The molecule has 0 bridgehead atoms. The second-order valence-electron chi connectivity index (χ2n) is 5.32. The van der Waals surface area contributed by atoms with Crippen LogP contribution in [0.5, 0.6) is 5.75 Å². The van der Waals surface area contributed by atoms with Crippen molar-refractivity contribution in [1.82, 2.24) is 0 Å². The van der Waals surface area contributed by atoms with Crippen molar-refractivity contribution < 1.29 is 14.6 Å². The normalized spacial score (nSPS) is 12.0. The smallest absolute Gasteiger partial charge is 0.345 e. The van der Waals surface area contributed by atoms with Crippen LogP contribution in [0.2, 0.25) is 0 Å². The summed E-state index contributed by atoms with van der Waals surface area (Å²) in [4.78, 5) is 11.4. The highest BCUT2D eigenvalue weighted by atomic mass is 16.5. The number of carbonyl (C=O) groups is 1. The molecule has 0 aliphatic rings. The minimum absolute atomic E-state index is 0.358. The highest BCUT2D eigenvalue weighted by Crippen LogP contribution is 2.19. The molecule has 21 heavy (non-hydrogen) atoms. The van der Waals surface area contributed by atoms with E-state index in [9.17, 15) is 9.90 Å². The number of benzene rings is 2. The number of hydrogen-bond acceptors (Lipinski definition) is 2. The van der Waals surface area contributed by atoms with Crippen molar-refractivity contribution >= 4 is 5.97 Å². The largest absolute Gasteiger partial charge is 0.478 e. The third-order valence-electron chi connectivity index (χ3n) is 3.70. The van der Waals surface area contributed by atoms with Crippen molar-refractivity contribution in [2.75, 3.05) is 0 Å². The standard InChI is InChI=1S/C18H20O3/c1-12-7-9-16(10-8-12)21-17(18(19)20)11-15-6-4-5-13(2)14(15)3/h4-10,17H,11H2,1-3H3,(H,19,20)/t17-/m1/s1. The van der Waals surface area contributed by atoms with E-state index in [1.54, 1.807) is 12.1 Å². The fourth-order valence-electron chi connectivity index (χ4n) is 2.19. The summed E-state index contributed by atoms with van der Waals surface area (Å²) in [6, 6.07) is 13.3. The van der Waals surface area contributed by atoms with Crippen LogP contribution >= 0.6 is 0 Å². The topological polar surface area (TPSA) is 46.5 Å². The lowest BCUT2D eigenvalue weighted by Gasteiger charge is -2.17. The van der Waals surface area contributed by atoms with Gasteiger partial charge in [-0.25, -0.2) is 4.79 Å². The zero-order valence-corrected chi connectivity index (χ0v) is 12.6. The summed E-state index contributed by atoms with van der Waals surface area (Å²) in [6.07, 6.45) is -0.523. The molecule has 0 aliphatic carbocycles. The Morgan fingerprint density at radius 1 is 1.10 bits per heavy atom. The van der Waals surface area contributed by atoms with Crippen molar-refractivity contribution in [3.05, 3.63) is 64.7 Å². The fourth-order valence-corrected chi connectivity index (χ4v) is 2.19. The molecule has 0 saturated carbocycles. The zero-order valence-electron chi connectivity index (χ0n) is 12.6. The van der Waals surface area contributed by atoms with Crippen LogP contribution < -0.4 is 4.74 Å². The van der Waals surface area contributed by atoms with Crippen LogP contribution in [0.15, 0.2) is 42.5 Å². The van der Waals surface area contributed by atoms with Crippen LogP contribution in [0.1, 0.15) is 22.3 Å². The van der Waals surface area contributed by atoms with Gasteiger partial charge < -0.3 is 9.84 Å². The second-order valence-corrected chi connectivity index (χ2v) is 5.32. The summed E-state index contributed by atoms with van der Waals surface area (Å²) in [5.41, 5.74) is 4.40. The van der Waals surface area contributed by atoms with E-state index in [1.165, 1.54) is 0 Å². The molecular weight excluding hydrogens is 264 g/mol. The predicted molar refractivity (Wildman–Crippen MR) is 82.9 cm³/mol. The summed E-state index contributed by atoms with van der Waals surface area (Å²) >= 11 is 0. The average molecular weight is 284 g/mol. The van der Waals surface area contributed by atoms with E-state index >= 15 is 0 Å². The highest BCUT2D eigenvalue weighted by molar-refractivity contribution is 5.73. The SMILES string of the molecule is Cc1ccc(O[C@H](Cc2cccc(C)c2C)C(=O)O)cc1. The molecule has 3 heteroatoms. The maximum absolute atomic E-state index is 11.4. The first kappa shape index (κ1) is 15.1. The summed E-state index contributed by atoms with van der Waals surface area (Å²) in [5.74, 6) is -0.366. The minimum Gasteiger partial charge on any atom is -0.478 e. The second kappa shape index (κ2) is 6.44. The third kappa shape index (κ3) is 3.85. The minimum atomic E-state index is -0.948. The van der Waals surface area contributed by atoms with Gasteiger partial charge in [-0.05, 0) is 49.6 Å². The molecule has 0 heterocycles. The van der Waals surface area contributed by atoms with Crippen LogP contribution in [0.4, 0.5) is 0 Å². The van der Waals surface area contributed by atoms with Gasteiger partial charge >= 0.3 is 5.97 Å². The molecule has 0 aliphatic heterocycles. The predicted octanol–water partition coefficient (Wildman–Crippen LogP) is 3.69. The molecule has 0 fully saturated rings. The molecule has 0 saturated heterocycles. The Hall–Kier alpha value is -2.29. The molecule has 2 aromatic rings. The number of aryl methyl sites for hydroxylation is 2. The number of carboxylic acid groups (broad SMARTS) is 1. The Labute approximate surface area is 125 Å². The van der Waals surface area contributed by atoms with E-state index in [0.717, 1.165) is 22.3 Å². The van der Waals surface area contributed by atoms with Crippen LogP contribution in [0.25, 0.3) is 0 Å². The molecule has 0 aromatic heterocycles. The van der Waals surface area contributed by atoms with Gasteiger partial charge in [-0.3, -0.25) is 0 Å². The van der Waals surface area contributed by atoms with Crippen LogP contribution in [-0.4, -0.2) is 17.2 Å². The van der Waals surface area contributed by atoms with Crippen LogP contribution in [0.3, 0.4) is 0 Å². The number of carboxylic acids is 1. The fraction of sp³-hybridized carbons (Fsp3) is 0.278. The first-order valence-corrected chi connectivity index (χ1v) is 6.98. The van der Waals surface area contributed by atoms with E-state index in [1.807, 2.05) is 51.1 Å². The molecule has 2 rings (SSSR count). The Kier molecular flexibility index (Phi) is 4.63. The van der Waals surface area contributed by atoms with E-state index < -0.39 is 12.1 Å². The van der Waals surface area contributed by atoms with Crippen LogP contribution in [0, 0.1) is 20.8 Å². The first-order valence-electron chi connectivity index (χ1n) is 6.98. The molecule has 0 unspecified atom stereocenters. The van der Waals surface area contributed by atoms with Gasteiger partial charge in [-0.1, -0.05) is 35.9 Å². The van der Waals surface area contributed by atoms with Crippen molar-refractivity contribution in [3.63, 3.8) is 0 Å². The number of aliphatic carboxylic acids is 1. The van der Waals surface area contributed by atoms with Crippen LogP contribution in [-0.2, 0) is 11.2 Å². The molecule has 3 nitrogen and oxygen atoms in total. The number of ether oxygens (including phenoxy) is 1. The Bertz CT molecular complexity index is 629. The molecule has 0 radical (unpaired) electrons. The number of hydrogen-bond donors (Lipinski definition) is 1. The lowest BCUT2D eigenvalue weighted by atomic mass is 9.98. The molecule has 110 valence electrons. The number of rotatable bonds is 5.